The summed E-state index contributed by atoms with van der Waals surface area (Å²) >= 11 is 0. The standard InChI is InChI=1S/C25H25N5O3/c1-15-4-11-21(16(2)12-15)30-24-20(13-26-30)23(17-5-6-17)28-29(25(24)32)14-22(31)27-18-7-9-19(33-3)10-8-18/h4,7-13,17H,5-6,14H2,1-3H3,(H,27,31). The highest BCUT2D eigenvalue weighted by Crippen LogP contribution is 2.41. The minimum atomic E-state index is -0.336. The van der Waals surface area contributed by atoms with Crippen LogP contribution in [0.25, 0.3) is 16.6 Å². The van der Waals surface area contributed by atoms with Crippen molar-refractivity contribution in [2.75, 3.05) is 12.4 Å². The maximum Gasteiger partial charge on any atom is 0.293 e. The third-order valence-corrected chi connectivity index (χ3v) is 5.92. The minimum Gasteiger partial charge on any atom is -0.497 e. The maximum atomic E-state index is 13.5. The van der Waals surface area contributed by atoms with Gasteiger partial charge in [0.15, 0.2) is 0 Å². The van der Waals surface area contributed by atoms with Crippen LogP contribution in [-0.2, 0) is 11.3 Å². The number of aromatic nitrogens is 4. The van der Waals surface area contributed by atoms with Gasteiger partial charge in [0.1, 0.15) is 17.8 Å². The molecule has 2 heterocycles. The monoisotopic (exact) mass is 443 g/mol. The molecule has 0 spiro atoms. The first-order valence-electron chi connectivity index (χ1n) is 10.9. The predicted molar refractivity (Wildman–Crippen MR) is 126 cm³/mol. The van der Waals surface area contributed by atoms with E-state index in [2.05, 4.69) is 21.6 Å². The number of methoxy groups -OCH3 is 1. The Labute approximate surface area is 190 Å². The van der Waals surface area contributed by atoms with E-state index in [0.717, 1.165) is 40.7 Å². The summed E-state index contributed by atoms with van der Waals surface area (Å²) in [6.45, 7) is 3.85. The fraction of sp³-hybridized carbons (Fsp3) is 0.280. The van der Waals surface area contributed by atoms with Gasteiger partial charge in [0.05, 0.1) is 24.7 Å². The lowest BCUT2D eigenvalue weighted by Crippen LogP contribution is -2.31. The molecule has 0 atom stereocenters. The molecule has 0 saturated heterocycles. The number of rotatable bonds is 6. The van der Waals surface area contributed by atoms with Gasteiger partial charge in [-0.05, 0) is 62.6 Å². The Bertz CT molecular complexity index is 1410. The van der Waals surface area contributed by atoms with Crippen LogP contribution in [-0.4, -0.2) is 32.6 Å². The number of aryl methyl sites for hydroxylation is 2. The average molecular weight is 444 g/mol. The molecule has 1 aliphatic carbocycles. The minimum absolute atomic E-state index is 0.182. The van der Waals surface area contributed by atoms with Gasteiger partial charge in [0, 0.05) is 17.0 Å². The van der Waals surface area contributed by atoms with E-state index in [4.69, 9.17) is 4.74 Å². The molecule has 8 nitrogen and oxygen atoms in total. The Kier molecular flexibility index (Phi) is 5.20. The van der Waals surface area contributed by atoms with Crippen LogP contribution < -0.4 is 15.6 Å². The van der Waals surface area contributed by atoms with Crippen molar-refractivity contribution >= 4 is 22.5 Å². The zero-order valence-corrected chi connectivity index (χ0v) is 18.8. The molecule has 2 aromatic heterocycles. The number of amides is 1. The Morgan fingerprint density at radius 1 is 1.15 bits per heavy atom. The van der Waals surface area contributed by atoms with Gasteiger partial charge in [-0.15, -0.1) is 0 Å². The number of anilines is 1. The Balaban J connectivity index is 1.54. The van der Waals surface area contributed by atoms with Gasteiger partial charge < -0.3 is 10.1 Å². The molecule has 4 aromatic rings. The maximum absolute atomic E-state index is 13.5. The molecular weight excluding hydrogens is 418 g/mol. The van der Waals surface area contributed by atoms with E-state index in [1.807, 2.05) is 26.0 Å². The van der Waals surface area contributed by atoms with Crippen molar-refractivity contribution in [2.45, 2.75) is 39.2 Å². The van der Waals surface area contributed by atoms with Crippen molar-refractivity contribution in [2.24, 2.45) is 0 Å². The fourth-order valence-electron chi connectivity index (χ4n) is 4.10. The third-order valence-electron chi connectivity index (χ3n) is 5.92. The highest BCUT2D eigenvalue weighted by molar-refractivity contribution is 5.91. The van der Waals surface area contributed by atoms with Crippen molar-refractivity contribution < 1.29 is 9.53 Å². The number of nitrogens with one attached hydrogen (secondary N) is 1. The van der Waals surface area contributed by atoms with Crippen LogP contribution in [0.1, 0.15) is 35.6 Å². The molecule has 1 saturated carbocycles. The zero-order valence-electron chi connectivity index (χ0n) is 18.8. The smallest absolute Gasteiger partial charge is 0.293 e. The summed E-state index contributed by atoms with van der Waals surface area (Å²) in [4.78, 5) is 26.2. The van der Waals surface area contributed by atoms with Crippen molar-refractivity contribution in [3.05, 3.63) is 75.8 Å². The van der Waals surface area contributed by atoms with E-state index in [9.17, 15) is 9.59 Å². The number of hydrogen-bond acceptors (Lipinski definition) is 5. The van der Waals surface area contributed by atoms with E-state index in [1.165, 1.54) is 4.68 Å². The van der Waals surface area contributed by atoms with Crippen LogP contribution in [0.5, 0.6) is 5.75 Å². The highest BCUT2D eigenvalue weighted by Gasteiger charge is 2.30. The molecule has 0 unspecified atom stereocenters. The summed E-state index contributed by atoms with van der Waals surface area (Å²) in [5.74, 6) is 0.666. The number of ether oxygens (including phenoxy) is 1. The highest BCUT2D eigenvalue weighted by atomic mass is 16.5. The second-order valence-electron chi connectivity index (χ2n) is 8.51. The van der Waals surface area contributed by atoms with Crippen LogP contribution >= 0.6 is 0 Å². The summed E-state index contributed by atoms with van der Waals surface area (Å²) in [6, 6.07) is 13.1. The number of hydrogen-bond donors (Lipinski definition) is 1. The summed E-state index contributed by atoms with van der Waals surface area (Å²) in [5, 5.41) is 12.7. The van der Waals surface area contributed by atoms with Gasteiger partial charge in [-0.25, -0.2) is 9.36 Å². The SMILES string of the molecule is COc1ccc(NC(=O)Cn2nc(C3CC3)c3cnn(-c4ccc(C)cc4C)c3c2=O)cc1. The molecule has 168 valence electrons. The van der Waals surface area contributed by atoms with Crippen LogP contribution in [0.2, 0.25) is 0 Å². The summed E-state index contributed by atoms with van der Waals surface area (Å²) < 4.78 is 8.09. The van der Waals surface area contributed by atoms with E-state index >= 15 is 0 Å². The van der Waals surface area contributed by atoms with Gasteiger partial charge in [-0.2, -0.15) is 10.2 Å². The third kappa shape index (κ3) is 4.00. The molecule has 0 aliphatic heterocycles. The van der Waals surface area contributed by atoms with Crippen LogP contribution in [0.4, 0.5) is 5.69 Å². The quantitative estimate of drug-likeness (QED) is 0.490. The van der Waals surface area contributed by atoms with Gasteiger partial charge >= 0.3 is 0 Å². The topological polar surface area (TPSA) is 91.0 Å². The lowest BCUT2D eigenvalue weighted by molar-refractivity contribution is -0.117. The summed E-state index contributed by atoms with van der Waals surface area (Å²) in [5.41, 5.74) is 4.58. The van der Waals surface area contributed by atoms with Crippen LogP contribution in [0.3, 0.4) is 0 Å². The number of carbonyl (C=O) groups excluding carboxylic acids is 1. The van der Waals surface area contributed by atoms with Crippen molar-refractivity contribution in [3.63, 3.8) is 0 Å². The first-order valence-corrected chi connectivity index (χ1v) is 10.9. The predicted octanol–water partition coefficient (Wildman–Crippen LogP) is 3.72. The van der Waals surface area contributed by atoms with Gasteiger partial charge in [0.2, 0.25) is 5.91 Å². The number of nitrogens with zero attached hydrogens (tertiary/aromatic N) is 4. The summed E-state index contributed by atoms with van der Waals surface area (Å²) in [7, 11) is 1.59. The molecule has 1 fully saturated rings. The zero-order chi connectivity index (χ0) is 23.1. The molecular formula is C25H25N5O3. The molecule has 1 N–H and O–H groups in total. The van der Waals surface area contributed by atoms with Gasteiger partial charge in [-0.3, -0.25) is 9.59 Å². The number of fused-ring (bicyclic) bond motifs is 1. The second kappa shape index (κ2) is 8.20. The molecule has 1 amide bonds. The Hall–Kier alpha value is -3.94. The van der Waals surface area contributed by atoms with Crippen molar-refractivity contribution in [3.8, 4) is 11.4 Å². The molecule has 33 heavy (non-hydrogen) atoms. The van der Waals surface area contributed by atoms with Gasteiger partial charge in [0.25, 0.3) is 5.56 Å². The van der Waals surface area contributed by atoms with Gasteiger partial charge in [-0.1, -0.05) is 17.7 Å². The number of carbonyl (C=O) groups is 1. The molecule has 1 aliphatic rings. The molecule has 8 heteroatoms. The van der Waals surface area contributed by atoms with E-state index in [0.29, 0.717) is 22.9 Å². The largest absolute Gasteiger partial charge is 0.497 e. The molecule has 5 rings (SSSR count). The lowest BCUT2D eigenvalue weighted by Gasteiger charge is -2.12. The second-order valence-corrected chi connectivity index (χ2v) is 8.51. The Morgan fingerprint density at radius 3 is 2.58 bits per heavy atom. The lowest BCUT2D eigenvalue weighted by atomic mass is 10.1. The fourth-order valence-corrected chi connectivity index (χ4v) is 4.10. The number of benzene rings is 2. The van der Waals surface area contributed by atoms with Crippen molar-refractivity contribution in [1.29, 1.82) is 0 Å². The molecule has 0 bridgehead atoms. The van der Waals surface area contributed by atoms with Crippen LogP contribution in [0, 0.1) is 13.8 Å². The average Bonchev–Trinajstić information content (AvgIpc) is 3.55. The van der Waals surface area contributed by atoms with E-state index in [1.54, 1.807) is 42.3 Å². The van der Waals surface area contributed by atoms with E-state index in [-0.39, 0.29) is 18.0 Å². The first-order chi connectivity index (χ1) is 15.9. The van der Waals surface area contributed by atoms with Crippen LogP contribution in [0.15, 0.2) is 53.5 Å². The molecule has 0 radical (unpaired) electrons. The summed E-state index contributed by atoms with van der Waals surface area (Å²) in [6.07, 6.45) is 3.76. The van der Waals surface area contributed by atoms with Crippen molar-refractivity contribution in [1.82, 2.24) is 19.6 Å². The molecule has 2 aromatic carbocycles. The first kappa shape index (κ1) is 20.9. The normalized spacial score (nSPS) is 13.3. The van der Waals surface area contributed by atoms with E-state index < -0.39 is 0 Å². The Morgan fingerprint density at radius 2 is 1.91 bits per heavy atom.